The number of carbonyl (C=O) groups is 1. The minimum atomic E-state index is -1.06. The largest absolute Gasteiger partial charge is 0.477 e. The van der Waals surface area contributed by atoms with Gasteiger partial charge in [0.15, 0.2) is 11.3 Å². The Labute approximate surface area is 137 Å². The fraction of sp³-hybridized carbons (Fsp3) is 0. The monoisotopic (exact) mass is 315 g/mol. The van der Waals surface area contributed by atoms with Crippen LogP contribution in [0.15, 0.2) is 72.8 Å². The van der Waals surface area contributed by atoms with Crippen LogP contribution in [-0.4, -0.2) is 25.8 Å². The number of nitrogens with zero attached hydrogens (tertiary/aromatic N) is 3. The number of pyridine rings is 1. The van der Waals surface area contributed by atoms with Gasteiger partial charge >= 0.3 is 5.97 Å². The summed E-state index contributed by atoms with van der Waals surface area (Å²) in [5, 5.41) is 14.5. The summed E-state index contributed by atoms with van der Waals surface area (Å²) < 4.78 is 1.80. The Morgan fingerprint density at radius 2 is 1.54 bits per heavy atom. The highest BCUT2D eigenvalue weighted by molar-refractivity contribution is 5.95. The minimum absolute atomic E-state index is 0.0141. The fourth-order valence-corrected chi connectivity index (χ4v) is 2.72. The number of aromatic carboxylic acids is 1. The molecule has 5 heteroatoms. The predicted octanol–water partition coefficient (Wildman–Crippen LogP) is 3.79. The lowest BCUT2D eigenvalue weighted by molar-refractivity contribution is 0.0691. The van der Waals surface area contributed by atoms with Crippen LogP contribution in [0.4, 0.5) is 0 Å². The zero-order valence-electron chi connectivity index (χ0n) is 12.6. The van der Waals surface area contributed by atoms with Crippen LogP contribution in [-0.2, 0) is 0 Å². The summed E-state index contributed by atoms with van der Waals surface area (Å²) in [6.45, 7) is 0. The molecule has 0 saturated carbocycles. The lowest BCUT2D eigenvalue weighted by atomic mass is 10.1. The van der Waals surface area contributed by atoms with Crippen molar-refractivity contribution in [2.24, 2.45) is 0 Å². The number of hydrogen-bond acceptors (Lipinski definition) is 3. The van der Waals surface area contributed by atoms with Crippen molar-refractivity contribution in [1.29, 1.82) is 0 Å². The Morgan fingerprint density at radius 1 is 0.875 bits per heavy atom. The van der Waals surface area contributed by atoms with Gasteiger partial charge in [0.1, 0.15) is 0 Å². The second-order valence-electron chi connectivity index (χ2n) is 5.33. The number of rotatable bonds is 3. The number of hydrogen-bond donors (Lipinski definition) is 1. The maximum atomic E-state index is 11.2. The number of benzene rings is 2. The number of aromatic nitrogens is 3. The fourth-order valence-electron chi connectivity index (χ4n) is 2.72. The van der Waals surface area contributed by atoms with Crippen LogP contribution < -0.4 is 0 Å². The van der Waals surface area contributed by atoms with Crippen LogP contribution in [0.1, 0.15) is 10.5 Å². The van der Waals surface area contributed by atoms with E-state index in [0.29, 0.717) is 5.65 Å². The van der Waals surface area contributed by atoms with Crippen molar-refractivity contribution >= 4 is 17.0 Å². The van der Waals surface area contributed by atoms with Gasteiger partial charge < -0.3 is 5.11 Å². The number of carboxylic acid groups (broad SMARTS) is 1. The molecule has 0 radical (unpaired) electrons. The molecule has 0 aliphatic rings. The zero-order valence-corrected chi connectivity index (χ0v) is 12.6. The van der Waals surface area contributed by atoms with Gasteiger partial charge in [0.05, 0.1) is 11.4 Å². The van der Waals surface area contributed by atoms with E-state index in [1.807, 2.05) is 60.7 Å². The van der Waals surface area contributed by atoms with Crippen LogP contribution in [0, 0.1) is 0 Å². The van der Waals surface area contributed by atoms with Gasteiger partial charge in [-0.3, -0.25) is 0 Å². The lowest BCUT2D eigenvalue weighted by Gasteiger charge is -2.07. The Balaban J connectivity index is 2.04. The topological polar surface area (TPSA) is 68.0 Å². The first-order valence-corrected chi connectivity index (χ1v) is 7.48. The van der Waals surface area contributed by atoms with Crippen LogP contribution >= 0.6 is 0 Å². The lowest BCUT2D eigenvalue weighted by Crippen LogP contribution is -2.00. The van der Waals surface area contributed by atoms with Crippen molar-refractivity contribution in [3.8, 4) is 16.9 Å². The Hall–Kier alpha value is -3.47. The summed E-state index contributed by atoms with van der Waals surface area (Å²) in [5.74, 6) is -1.06. The highest BCUT2D eigenvalue weighted by atomic mass is 16.4. The highest BCUT2D eigenvalue weighted by Crippen LogP contribution is 2.30. The second-order valence-corrected chi connectivity index (χ2v) is 5.33. The van der Waals surface area contributed by atoms with E-state index < -0.39 is 5.97 Å². The van der Waals surface area contributed by atoms with Crippen molar-refractivity contribution in [2.45, 2.75) is 0 Å². The maximum absolute atomic E-state index is 11.2. The zero-order chi connectivity index (χ0) is 16.5. The number of para-hydroxylation sites is 1. The van der Waals surface area contributed by atoms with Crippen LogP contribution in [0.2, 0.25) is 0 Å². The first-order chi connectivity index (χ1) is 11.7. The molecule has 24 heavy (non-hydrogen) atoms. The molecule has 5 nitrogen and oxygen atoms in total. The smallest absolute Gasteiger partial charge is 0.354 e. The van der Waals surface area contributed by atoms with E-state index in [1.165, 1.54) is 6.07 Å². The molecule has 0 aliphatic heterocycles. The molecule has 0 amide bonds. The summed E-state index contributed by atoms with van der Waals surface area (Å²) in [7, 11) is 0. The van der Waals surface area contributed by atoms with Crippen molar-refractivity contribution in [1.82, 2.24) is 14.8 Å². The first-order valence-electron chi connectivity index (χ1n) is 7.48. The van der Waals surface area contributed by atoms with E-state index in [0.717, 1.165) is 22.3 Å². The van der Waals surface area contributed by atoms with Gasteiger partial charge in [-0.1, -0.05) is 48.5 Å². The van der Waals surface area contributed by atoms with Gasteiger partial charge in [-0.2, -0.15) is 0 Å². The third-order valence-electron chi connectivity index (χ3n) is 3.80. The summed E-state index contributed by atoms with van der Waals surface area (Å²) >= 11 is 0. The molecule has 0 fully saturated rings. The number of fused-ring (bicyclic) bond motifs is 1. The van der Waals surface area contributed by atoms with Crippen LogP contribution in [0.3, 0.4) is 0 Å². The van der Waals surface area contributed by atoms with Crippen molar-refractivity contribution in [2.75, 3.05) is 0 Å². The molecule has 0 aliphatic carbocycles. The first kappa shape index (κ1) is 14.1. The van der Waals surface area contributed by atoms with Crippen LogP contribution in [0.25, 0.3) is 28.0 Å². The van der Waals surface area contributed by atoms with Crippen molar-refractivity contribution < 1.29 is 9.90 Å². The SMILES string of the molecule is O=C(O)c1ccc2c(-c3ccccc3)n(-c3ccccc3)nc2n1. The normalized spacial score (nSPS) is 10.8. The molecule has 2 aromatic carbocycles. The Morgan fingerprint density at radius 3 is 2.21 bits per heavy atom. The molecular weight excluding hydrogens is 302 g/mol. The molecule has 2 aromatic heterocycles. The minimum Gasteiger partial charge on any atom is -0.477 e. The van der Waals surface area contributed by atoms with E-state index in [4.69, 9.17) is 5.11 Å². The van der Waals surface area contributed by atoms with E-state index in [9.17, 15) is 4.79 Å². The van der Waals surface area contributed by atoms with E-state index in [1.54, 1.807) is 10.7 Å². The average molecular weight is 315 g/mol. The van der Waals surface area contributed by atoms with Gasteiger partial charge in [-0.05, 0) is 24.3 Å². The summed E-state index contributed by atoms with van der Waals surface area (Å²) in [6.07, 6.45) is 0. The van der Waals surface area contributed by atoms with Gasteiger partial charge in [-0.15, -0.1) is 5.10 Å². The van der Waals surface area contributed by atoms with Gasteiger partial charge in [0.25, 0.3) is 0 Å². The summed E-state index contributed by atoms with van der Waals surface area (Å²) in [4.78, 5) is 15.4. The van der Waals surface area contributed by atoms with Gasteiger partial charge in [-0.25, -0.2) is 14.5 Å². The maximum Gasteiger partial charge on any atom is 0.354 e. The quantitative estimate of drug-likeness (QED) is 0.624. The van der Waals surface area contributed by atoms with Crippen LogP contribution in [0.5, 0.6) is 0 Å². The average Bonchev–Trinajstić information content (AvgIpc) is 3.01. The molecule has 0 saturated heterocycles. The standard InChI is InChI=1S/C19H13N3O2/c23-19(24)16-12-11-15-17(13-7-3-1-4-8-13)22(21-18(15)20-16)14-9-5-2-6-10-14/h1-12H,(H,23,24). The molecule has 4 aromatic rings. The Kier molecular flexibility index (Phi) is 3.31. The number of carboxylic acids is 1. The molecule has 116 valence electrons. The molecule has 1 N–H and O–H groups in total. The molecule has 0 bridgehead atoms. The summed E-state index contributed by atoms with van der Waals surface area (Å²) in [5.41, 5.74) is 3.18. The molecule has 2 heterocycles. The van der Waals surface area contributed by atoms with Crippen molar-refractivity contribution in [3.05, 3.63) is 78.5 Å². The predicted molar refractivity (Wildman–Crippen MR) is 91.3 cm³/mol. The van der Waals surface area contributed by atoms with Crippen molar-refractivity contribution in [3.63, 3.8) is 0 Å². The Bertz CT molecular complexity index is 1020. The molecular formula is C19H13N3O2. The highest BCUT2D eigenvalue weighted by Gasteiger charge is 2.17. The third kappa shape index (κ3) is 2.32. The molecule has 4 rings (SSSR count). The molecule has 0 spiro atoms. The molecule has 0 unspecified atom stereocenters. The summed E-state index contributed by atoms with van der Waals surface area (Å²) in [6, 6.07) is 22.9. The van der Waals surface area contributed by atoms with E-state index >= 15 is 0 Å². The second kappa shape index (κ2) is 5.62. The van der Waals surface area contributed by atoms with E-state index in [2.05, 4.69) is 10.1 Å². The van der Waals surface area contributed by atoms with E-state index in [-0.39, 0.29) is 5.69 Å². The van der Waals surface area contributed by atoms with Gasteiger partial charge in [0.2, 0.25) is 0 Å². The third-order valence-corrected chi connectivity index (χ3v) is 3.80. The van der Waals surface area contributed by atoms with Gasteiger partial charge in [0, 0.05) is 10.9 Å². The molecule has 0 atom stereocenters.